The summed E-state index contributed by atoms with van der Waals surface area (Å²) in [5.41, 5.74) is 3.14. The van der Waals surface area contributed by atoms with Gasteiger partial charge in [-0.2, -0.15) is 13.2 Å². The van der Waals surface area contributed by atoms with Crippen LogP contribution in [0.4, 0.5) is 13.2 Å². The molecule has 0 fully saturated rings. The van der Waals surface area contributed by atoms with E-state index >= 15 is 0 Å². The van der Waals surface area contributed by atoms with E-state index in [1.807, 2.05) is 31.2 Å². The Morgan fingerprint density at radius 2 is 1.90 bits per heavy atom. The van der Waals surface area contributed by atoms with E-state index in [0.29, 0.717) is 22.6 Å². The Labute approximate surface area is 183 Å². The molecule has 2 aromatic carbocycles. The van der Waals surface area contributed by atoms with Crippen molar-refractivity contribution in [3.63, 3.8) is 0 Å². The van der Waals surface area contributed by atoms with Crippen LogP contribution in [0, 0.1) is 6.92 Å². The topological polar surface area (TPSA) is 29.1 Å². The predicted molar refractivity (Wildman–Crippen MR) is 117 cm³/mol. The maximum Gasteiger partial charge on any atom is 0.407 e. The molecule has 2 nitrogen and oxygen atoms in total. The van der Waals surface area contributed by atoms with Gasteiger partial charge in [-0.15, -0.1) is 11.8 Å². The molecule has 1 aliphatic rings. The summed E-state index contributed by atoms with van der Waals surface area (Å²) < 4.78 is 40.7. The van der Waals surface area contributed by atoms with Crippen LogP contribution in [-0.2, 0) is 9.54 Å². The fourth-order valence-electron chi connectivity index (χ4n) is 3.58. The molecular formula is C23H23ClF3NOS. The van der Waals surface area contributed by atoms with Crippen molar-refractivity contribution in [2.45, 2.75) is 50.6 Å². The van der Waals surface area contributed by atoms with E-state index in [9.17, 15) is 18.0 Å². The van der Waals surface area contributed by atoms with Crippen molar-refractivity contribution in [2.24, 2.45) is 0 Å². The summed E-state index contributed by atoms with van der Waals surface area (Å²) in [6.07, 6.45) is -4.20. The average molecular weight is 454 g/mol. The zero-order valence-electron chi connectivity index (χ0n) is 16.9. The number of carbonyl (C=O) groups excluding carboxylic acids is 1. The molecule has 1 amide bonds. The fourth-order valence-corrected chi connectivity index (χ4v) is 5.06. The van der Waals surface area contributed by atoms with Gasteiger partial charge in [-0.05, 0) is 59.2 Å². The van der Waals surface area contributed by atoms with Gasteiger partial charge in [0.25, 0.3) is 0 Å². The average Bonchev–Trinajstić information content (AvgIpc) is 3.14. The molecule has 1 aliphatic heterocycles. The Morgan fingerprint density at radius 3 is 2.47 bits per heavy atom. The number of hydrogen-bond donors (Lipinski definition) is 1. The minimum Gasteiger partial charge on any atom is -0.350 e. The van der Waals surface area contributed by atoms with E-state index in [4.69, 9.17) is 11.6 Å². The lowest BCUT2D eigenvalue weighted by Gasteiger charge is -2.32. The van der Waals surface area contributed by atoms with Gasteiger partial charge >= 0.3 is 6.18 Å². The molecule has 0 bridgehead atoms. The van der Waals surface area contributed by atoms with E-state index in [1.54, 1.807) is 31.4 Å². The fraction of sp³-hybridized carbons (Fsp3) is 0.348. The number of rotatable bonds is 5. The van der Waals surface area contributed by atoms with E-state index in [2.05, 4.69) is 5.32 Å². The number of thioether (sulfide) groups is 1. The number of halogens is 4. The van der Waals surface area contributed by atoms with Crippen LogP contribution in [0.2, 0.25) is 5.02 Å². The highest BCUT2D eigenvalue weighted by Crippen LogP contribution is 2.59. The monoisotopic (exact) mass is 453 g/mol. The molecule has 0 radical (unpaired) electrons. The molecule has 0 aromatic heterocycles. The molecule has 1 unspecified atom stereocenters. The van der Waals surface area contributed by atoms with Crippen molar-refractivity contribution in [1.82, 2.24) is 5.32 Å². The number of carbonyl (C=O) groups is 1. The summed E-state index contributed by atoms with van der Waals surface area (Å²) in [6, 6.07) is 11.8. The minimum absolute atomic E-state index is 0.0479. The van der Waals surface area contributed by atoms with Gasteiger partial charge in [-0.25, -0.2) is 0 Å². The van der Waals surface area contributed by atoms with Crippen LogP contribution in [-0.4, -0.2) is 12.1 Å². The van der Waals surface area contributed by atoms with Gasteiger partial charge in [0.15, 0.2) is 0 Å². The number of allylic oxidation sites excluding steroid dienone is 1. The van der Waals surface area contributed by atoms with Gasteiger partial charge in [0.2, 0.25) is 5.91 Å². The Bertz CT molecular complexity index is 951. The zero-order chi connectivity index (χ0) is 22.1. The summed E-state index contributed by atoms with van der Waals surface area (Å²) in [6.45, 7) is 5.40. The van der Waals surface area contributed by atoms with Gasteiger partial charge in [-0.1, -0.05) is 48.9 Å². The van der Waals surface area contributed by atoms with E-state index in [1.165, 1.54) is 6.07 Å². The Hall–Kier alpha value is -1.92. The third-order valence-electron chi connectivity index (χ3n) is 5.29. The summed E-state index contributed by atoms with van der Waals surface area (Å²) in [5.74, 6) is -0.0479. The quantitative estimate of drug-likeness (QED) is 0.519. The van der Waals surface area contributed by atoms with E-state index in [-0.39, 0.29) is 23.9 Å². The smallest absolute Gasteiger partial charge is 0.350 e. The number of benzene rings is 2. The first-order valence-electron chi connectivity index (χ1n) is 9.66. The summed E-state index contributed by atoms with van der Waals surface area (Å²) >= 11 is 6.85. The van der Waals surface area contributed by atoms with Gasteiger partial charge in [0, 0.05) is 17.9 Å². The summed E-state index contributed by atoms with van der Waals surface area (Å²) in [7, 11) is 0. The highest BCUT2D eigenvalue weighted by Gasteiger charge is 2.58. The predicted octanol–water partition coefficient (Wildman–Crippen LogP) is 7.17. The first kappa shape index (κ1) is 22.8. The largest absolute Gasteiger partial charge is 0.407 e. The third kappa shape index (κ3) is 4.54. The number of aryl methyl sites for hydroxylation is 1. The molecule has 30 heavy (non-hydrogen) atoms. The summed E-state index contributed by atoms with van der Waals surface area (Å²) in [4.78, 5) is 11.6. The van der Waals surface area contributed by atoms with Gasteiger partial charge in [-0.3, -0.25) is 4.79 Å². The number of nitrogens with one attached hydrogen (secondary N) is 1. The molecule has 0 saturated carbocycles. The minimum atomic E-state index is -4.44. The second-order valence-electron chi connectivity index (χ2n) is 7.54. The van der Waals surface area contributed by atoms with Gasteiger partial charge in [0.1, 0.15) is 4.75 Å². The van der Waals surface area contributed by atoms with Crippen LogP contribution in [0.25, 0.3) is 5.57 Å². The molecule has 1 N–H and O–H groups in total. The molecule has 2 aromatic rings. The maximum absolute atomic E-state index is 14.2. The van der Waals surface area contributed by atoms with Crippen LogP contribution in [0.1, 0.15) is 55.0 Å². The van der Waals surface area contributed by atoms with Crippen LogP contribution < -0.4 is 5.32 Å². The highest BCUT2D eigenvalue weighted by atomic mass is 35.5. The second-order valence-corrected chi connectivity index (χ2v) is 9.15. The lowest BCUT2D eigenvalue weighted by molar-refractivity contribution is -0.160. The van der Waals surface area contributed by atoms with Crippen molar-refractivity contribution in [1.29, 1.82) is 0 Å². The van der Waals surface area contributed by atoms with Gasteiger partial charge < -0.3 is 5.32 Å². The van der Waals surface area contributed by atoms with Crippen molar-refractivity contribution < 1.29 is 18.0 Å². The number of alkyl halides is 3. The third-order valence-corrected chi connectivity index (χ3v) is 6.92. The molecule has 3 rings (SSSR count). The Balaban J connectivity index is 1.86. The molecule has 2 atom stereocenters. The van der Waals surface area contributed by atoms with E-state index < -0.39 is 10.9 Å². The SMILES string of the molecule is CCC(=O)N[C@@H](C)c1ccc(C2=CSC(c3cc(C)cc(Cl)c3)(C(F)(F)F)C2)cc1. The zero-order valence-corrected chi connectivity index (χ0v) is 18.5. The summed E-state index contributed by atoms with van der Waals surface area (Å²) in [5, 5.41) is 4.78. The van der Waals surface area contributed by atoms with Crippen molar-refractivity contribution in [3.8, 4) is 0 Å². The second kappa shape index (κ2) is 8.67. The molecular weight excluding hydrogens is 431 g/mol. The van der Waals surface area contributed by atoms with Crippen LogP contribution in [0.15, 0.2) is 47.9 Å². The van der Waals surface area contributed by atoms with Crippen LogP contribution in [0.5, 0.6) is 0 Å². The Morgan fingerprint density at radius 1 is 1.23 bits per heavy atom. The van der Waals surface area contributed by atoms with Crippen molar-refractivity contribution in [2.75, 3.05) is 0 Å². The first-order chi connectivity index (χ1) is 14.1. The Kier molecular flexibility index (Phi) is 6.58. The maximum atomic E-state index is 14.2. The standard InChI is InChI=1S/C23H23ClF3NOS/c1-4-21(29)28-15(3)16-5-7-17(8-6-16)18-12-22(30-13-18,23(25,26)27)19-9-14(2)10-20(24)11-19/h5-11,13,15H,4,12H2,1-3H3,(H,28,29)/t15-,22?/m0/s1. The molecule has 1 heterocycles. The normalized spacial score (nSPS) is 20.0. The molecule has 0 spiro atoms. The highest BCUT2D eigenvalue weighted by molar-refractivity contribution is 8.03. The molecule has 0 aliphatic carbocycles. The van der Waals surface area contributed by atoms with E-state index in [0.717, 1.165) is 22.9 Å². The van der Waals surface area contributed by atoms with Crippen LogP contribution >= 0.6 is 23.4 Å². The molecule has 0 saturated heterocycles. The van der Waals surface area contributed by atoms with Crippen LogP contribution in [0.3, 0.4) is 0 Å². The molecule has 160 valence electrons. The molecule has 7 heteroatoms. The first-order valence-corrected chi connectivity index (χ1v) is 10.9. The lowest BCUT2D eigenvalue weighted by atomic mass is 9.87. The van der Waals surface area contributed by atoms with Gasteiger partial charge in [0.05, 0.1) is 6.04 Å². The number of amides is 1. The van der Waals surface area contributed by atoms with Crippen molar-refractivity contribution in [3.05, 3.63) is 75.1 Å². The number of hydrogen-bond acceptors (Lipinski definition) is 2. The lowest BCUT2D eigenvalue weighted by Crippen LogP contribution is -2.37. The van der Waals surface area contributed by atoms with Crippen molar-refractivity contribution >= 4 is 34.8 Å².